The van der Waals surface area contributed by atoms with Crippen LogP contribution in [0.2, 0.25) is 0 Å². The molecule has 0 aromatic heterocycles. The van der Waals surface area contributed by atoms with Gasteiger partial charge in [-0.2, -0.15) is 0 Å². The van der Waals surface area contributed by atoms with Crippen LogP contribution in [-0.2, 0) is 10.0 Å². The van der Waals surface area contributed by atoms with Crippen LogP contribution in [0.1, 0.15) is 0 Å². The Kier molecular flexibility index (Phi) is 3.19. The van der Waals surface area contributed by atoms with Gasteiger partial charge in [-0.1, -0.05) is 0 Å². The lowest BCUT2D eigenvalue weighted by Gasteiger charge is -1.99. The molecule has 0 bridgehead atoms. The molecule has 0 saturated heterocycles. The Morgan fingerprint density at radius 3 is 2.14 bits per heavy atom. The van der Waals surface area contributed by atoms with Crippen LogP contribution < -0.4 is 3.75 Å². The molecule has 1 rings (SSSR count). The fraction of sp³-hybridized carbons (Fsp3) is 0. The van der Waals surface area contributed by atoms with Crippen LogP contribution in [-0.4, -0.2) is 13.3 Å². The van der Waals surface area contributed by atoms with Gasteiger partial charge in [0.15, 0.2) is 0 Å². The van der Waals surface area contributed by atoms with E-state index in [0.717, 1.165) is 24.3 Å². The Morgan fingerprint density at radius 2 is 1.79 bits per heavy atom. The molecule has 0 spiro atoms. The number of sulfonamides is 1. The standard InChI is InChI=1S/C6H5BrN2O4S/c7-8-14(12,13)6-3-1-5(2-4-6)9(10)11/h1-4,8H. The number of nitro benzene ring substituents is 1. The lowest BCUT2D eigenvalue weighted by Crippen LogP contribution is -2.12. The smallest absolute Gasteiger partial charge is 0.258 e. The second-order valence-electron chi connectivity index (χ2n) is 2.33. The molecule has 0 aliphatic carbocycles. The van der Waals surface area contributed by atoms with E-state index >= 15 is 0 Å². The maximum absolute atomic E-state index is 11.2. The van der Waals surface area contributed by atoms with E-state index in [-0.39, 0.29) is 10.6 Å². The Bertz CT molecular complexity index is 441. The summed E-state index contributed by atoms with van der Waals surface area (Å²) in [4.78, 5) is 9.62. The maximum atomic E-state index is 11.2. The van der Waals surface area contributed by atoms with Gasteiger partial charge in [0.25, 0.3) is 5.69 Å². The van der Waals surface area contributed by atoms with Crippen molar-refractivity contribution < 1.29 is 13.3 Å². The Balaban J connectivity index is 3.12. The van der Waals surface area contributed by atoms with E-state index in [2.05, 4.69) is 16.1 Å². The predicted octanol–water partition coefficient (Wildman–Crippen LogP) is 1.18. The zero-order valence-electron chi connectivity index (χ0n) is 6.68. The number of benzene rings is 1. The highest BCUT2D eigenvalue weighted by Gasteiger charge is 2.13. The molecule has 0 heterocycles. The summed E-state index contributed by atoms with van der Waals surface area (Å²) in [5.74, 6) is 0. The highest BCUT2D eigenvalue weighted by Crippen LogP contribution is 2.15. The highest BCUT2D eigenvalue weighted by molar-refractivity contribution is 9.09. The molecule has 0 saturated carbocycles. The van der Waals surface area contributed by atoms with Crippen molar-refractivity contribution in [2.45, 2.75) is 4.90 Å². The van der Waals surface area contributed by atoms with Crippen LogP contribution in [0.5, 0.6) is 0 Å². The lowest BCUT2D eigenvalue weighted by atomic mass is 10.3. The van der Waals surface area contributed by atoms with Gasteiger partial charge >= 0.3 is 0 Å². The third-order valence-corrected chi connectivity index (χ3v) is 3.83. The van der Waals surface area contributed by atoms with Crippen LogP contribution >= 0.6 is 16.1 Å². The van der Waals surface area contributed by atoms with Crippen molar-refractivity contribution in [1.29, 1.82) is 0 Å². The van der Waals surface area contributed by atoms with Crippen molar-refractivity contribution in [3.63, 3.8) is 0 Å². The first-order valence-electron chi connectivity index (χ1n) is 3.34. The summed E-state index contributed by atoms with van der Waals surface area (Å²) in [5, 5.41) is 10.3. The minimum Gasteiger partial charge on any atom is -0.258 e. The molecule has 14 heavy (non-hydrogen) atoms. The molecular formula is C6H5BrN2O4S. The first-order chi connectivity index (χ1) is 6.47. The van der Waals surface area contributed by atoms with Gasteiger partial charge in [-0.05, 0) is 12.1 Å². The normalized spacial score (nSPS) is 11.2. The molecule has 1 N–H and O–H groups in total. The number of hydrogen-bond donors (Lipinski definition) is 1. The maximum Gasteiger partial charge on any atom is 0.269 e. The van der Waals surface area contributed by atoms with Crippen LogP contribution in [0, 0.1) is 10.1 Å². The minimum absolute atomic E-state index is 0.0417. The first-order valence-corrected chi connectivity index (χ1v) is 5.62. The molecule has 0 aliphatic rings. The van der Waals surface area contributed by atoms with Crippen LogP contribution in [0.4, 0.5) is 5.69 Å². The third kappa shape index (κ3) is 2.28. The molecule has 1 aromatic carbocycles. The molecule has 0 aliphatic heterocycles. The predicted molar refractivity (Wildman–Crippen MR) is 52.3 cm³/mol. The number of non-ortho nitro benzene ring substituents is 1. The second-order valence-corrected chi connectivity index (χ2v) is 4.94. The van der Waals surface area contributed by atoms with Crippen molar-refractivity contribution in [3.8, 4) is 0 Å². The molecule has 0 amide bonds. The summed E-state index contributed by atoms with van der Waals surface area (Å²) >= 11 is 2.58. The van der Waals surface area contributed by atoms with Crippen LogP contribution in [0.25, 0.3) is 0 Å². The van der Waals surface area contributed by atoms with Gasteiger partial charge in [0, 0.05) is 28.3 Å². The summed E-state index contributed by atoms with van der Waals surface area (Å²) in [6.45, 7) is 0. The zero-order valence-corrected chi connectivity index (χ0v) is 9.08. The Labute approximate surface area is 88.5 Å². The van der Waals surface area contributed by atoms with Gasteiger partial charge in [-0.25, -0.2) is 8.42 Å². The fourth-order valence-electron chi connectivity index (χ4n) is 0.792. The summed E-state index contributed by atoms with van der Waals surface area (Å²) in [5.41, 5.74) is -0.154. The van der Waals surface area contributed by atoms with Gasteiger partial charge in [0.05, 0.1) is 9.82 Å². The number of rotatable bonds is 3. The van der Waals surface area contributed by atoms with Gasteiger partial charge in [0.2, 0.25) is 10.0 Å². The molecular weight excluding hydrogens is 276 g/mol. The number of nitro groups is 1. The average molecular weight is 281 g/mol. The number of hydrogen-bond acceptors (Lipinski definition) is 4. The number of halogens is 1. The molecule has 0 fully saturated rings. The summed E-state index contributed by atoms with van der Waals surface area (Å²) < 4.78 is 24.2. The zero-order chi connectivity index (χ0) is 10.8. The molecule has 1 aromatic rings. The largest absolute Gasteiger partial charge is 0.269 e. The SMILES string of the molecule is O=[N+]([O-])c1ccc(S(=O)(=O)NBr)cc1. The van der Waals surface area contributed by atoms with E-state index in [1.165, 1.54) is 0 Å². The van der Waals surface area contributed by atoms with Crippen molar-refractivity contribution in [1.82, 2.24) is 3.75 Å². The summed E-state index contributed by atoms with van der Waals surface area (Å²) in [6, 6.07) is 4.55. The highest BCUT2D eigenvalue weighted by atomic mass is 79.9. The number of nitrogens with one attached hydrogen (secondary N) is 1. The van der Waals surface area contributed by atoms with Gasteiger partial charge < -0.3 is 0 Å². The minimum atomic E-state index is -3.60. The Hall–Kier alpha value is -0.990. The molecule has 76 valence electrons. The second kappa shape index (κ2) is 4.03. The summed E-state index contributed by atoms with van der Waals surface area (Å²) in [7, 11) is -3.60. The van der Waals surface area contributed by atoms with E-state index < -0.39 is 14.9 Å². The average Bonchev–Trinajstić information content (AvgIpc) is 2.18. The molecule has 0 atom stereocenters. The third-order valence-electron chi connectivity index (χ3n) is 1.46. The van der Waals surface area contributed by atoms with E-state index in [1.54, 1.807) is 0 Å². The van der Waals surface area contributed by atoms with Crippen LogP contribution in [0.3, 0.4) is 0 Å². The molecule has 8 heteroatoms. The fourth-order valence-corrected chi connectivity index (χ4v) is 1.94. The van der Waals surface area contributed by atoms with Gasteiger partial charge in [0.1, 0.15) is 0 Å². The topological polar surface area (TPSA) is 89.3 Å². The quantitative estimate of drug-likeness (QED) is 0.512. The monoisotopic (exact) mass is 280 g/mol. The van der Waals surface area contributed by atoms with E-state index in [1.807, 2.05) is 3.75 Å². The molecule has 0 unspecified atom stereocenters. The number of nitrogens with zero attached hydrogens (tertiary/aromatic N) is 1. The van der Waals surface area contributed by atoms with Crippen molar-refractivity contribution >= 4 is 31.9 Å². The lowest BCUT2D eigenvalue weighted by molar-refractivity contribution is -0.384. The van der Waals surface area contributed by atoms with Crippen molar-refractivity contribution in [2.75, 3.05) is 0 Å². The van der Waals surface area contributed by atoms with Gasteiger partial charge in [-0.3, -0.25) is 10.1 Å². The molecule has 6 nitrogen and oxygen atoms in total. The van der Waals surface area contributed by atoms with Crippen molar-refractivity contribution in [2.24, 2.45) is 0 Å². The molecule has 0 radical (unpaired) electrons. The van der Waals surface area contributed by atoms with Gasteiger partial charge in [-0.15, -0.1) is 3.75 Å². The van der Waals surface area contributed by atoms with Crippen molar-refractivity contribution in [3.05, 3.63) is 34.4 Å². The van der Waals surface area contributed by atoms with E-state index in [9.17, 15) is 18.5 Å². The first kappa shape index (κ1) is 11.1. The Morgan fingerprint density at radius 1 is 1.29 bits per heavy atom. The summed E-state index contributed by atoms with van der Waals surface area (Å²) in [6.07, 6.45) is 0. The van der Waals surface area contributed by atoms with Crippen LogP contribution in [0.15, 0.2) is 29.2 Å². The van der Waals surface area contributed by atoms with E-state index in [0.29, 0.717) is 0 Å². The van der Waals surface area contributed by atoms with E-state index in [4.69, 9.17) is 0 Å².